The van der Waals surface area contributed by atoms with Gasteiger partial charge in [-0.2, -0.15) is 0 Å². The molecule has 0 fully saturated rings. The van der Waals surface area contributed by atoms with Crippen molar-refractivity contribution < 1.29 is 0 Å². The monoisotopic (exact) mass is 266 g/mol. The van der Waals surface area contributed by atoms with E-state index in [0.29, 0.717) is 10.4 Å². The first kappa shape index (κ1) is 10.9. The summed E-state index contributed by atoms with van der Waals surface area (Å²) in [6, 6.07) is 0.128. The van der Waals surface area contributed by atoms with Crippen molar-refractivity contribution >= 4 is 27.5 Å². The molecule has 74 valence electrons. The number of hydrogen-bond acceptors (Lipinski definition) is 1. The van der Waals surface area contributed by atoms with E-state index < -0.39 is 0 Å². The third-order valence-electron chi connectivity index (χ3n) is 1.98. The van der Waals surface area contributed by atoms with Crippen LogP contribution in [0.5, 0.6) is 0 Å². The molecule has 0 spiro atoms. The van der Waals surface area contributed by atoms with Crippen LogP contribution in [0.3, 0.4) is 0 Å². The highest BCUT2D eigenvalue weighted by molar-refractivity contribution is 9.08. The number of alkyl halides is 1. The van der Waals surface area contributed by atoms with E-state index in [1.807, 2.05) is 20.9 Å². The first-order valence-corrected chi connectivity index (χ1v) is 5.52. The highest BCUT2D eigenvalue weighted by atomic mass is 79.9. The Morgan fingerprint density at radius 3 is 2.31 bits per heavy atom. The zero-order chi connectivity index (χ0) is 10.2. The topological polar surface area (TPSA) is 26.9 Å². The molecule has 1 rings (SSSR count). The normalized spacial score (nSPS) is 11.2. The van der Waals surface area contributed by atoms with Gasteiger partial charge in [0.15, 0.2) is 0 Å². The number of halogens is 2. The molecular weight excluding hydrogens is 255 g/mol. The SMILES string of the molecule is CC(C)n1c(=O)c(Cl)c(CBr)n1C. The van der Waals surface area contributed by atoms with Crippen LogP contribution in [0.25, 0.3) is 0 Å². The van der Waals surface area contributed by atoms with Crippen molar-refractivity contribution in [1.82, 2.24) is 9.36 Å². The van der Waals surface area contributed by atoms with Crippen molar-refractivity contribution in [2.75, 3.05) is 0 Å². The van der Waals surface area contributed by atoms with Gasteiger partial charge in [-0.1, -0.05) is 27.5 Å². The first-order chi connectivity index (χ1) is 6.00. The van der Waals surface area contributed by atoms with Crippen molar-refractivity contribution in [3.8, 4) is 0 Å². The summed E-state index contributed by atoms with van der Waals surface area (Å²) in [5.41, 5.74) is 0.703. The highest BCUT2D eigenvalue weighted by Crippen LogP contribution is 2.16. The Kier molecular flexibility index (Phi) is 3.24. The van der Waals surface area contributed by atoms with Gasteiger partial charge >= 0.3 is 0 Å². The molecule has 0 aliphatic rings. The summed E-state index contributed by atoms with van der Waals surface area (Å²) in [5, 5.41) is 0.908. The van der Waals surface area contributed by atoms with Gasteiger partial charge in [0, 0.05) is 18.4 Å². The van der Waals surface area contributed by atoms with E-state index in [1.165, 1.54) is 0 Å². The van der Waals surface area contributed by atoms with Gasteiger partial charge in [-0.25, -0.2) is 4.68 Å². The first-order valence-electron chi connectivity index (χ1n) is 4.02. The summed E-state index contributed by atoms with van der Waals surface area (Å²) in [7, 11) is 1.84. The Bertz CT molecular complexity index is 367. The quantitative estimate of drug-likeness (QED) is 0.756. The Morgan fingerprint density at radius 1 is 1.54 bits per heavy atom. The average Bonchev–Trinajstić information content (AvgIpc) is 2.24. The molecule has 0 radical (unpaired) electrons. The predicted octanol–water partition coefficient (Wildman–Crippen LogP) is 2.32. The van der Waals surface area contributed by atoms with Crippen LogP contribution in [0, 0.1) is 0 Å². The van der Waals surface area contributed by atoms with Gasteiger partial charge < -0.3 is 0 Å². The molecule has 1 aromatic heterocycles. The lowest BCUT2D eigenvalue weighted by atomic mass is 10.4. The van der Waals surface area contributed by atoms with Gasteiger partial charge in [-0.05, 0) is 13.8 Å². The summed E-state index contributed by atoms with van der Waals surface area (Å²) < 4.78 is 3.43. The molecule has 0 N–H and O–H groups in total. The van der Waals surface area contributed by atoms with Gasteiger partial charge in [0.25, 0.3) is 5.56 Å². The van der Waals surface area contributed by atoms with E-state index in [0.717, 1.165) is 5.69 Å². The van der Waals surface area contributed by atoms with Crippen LogP contribution < -0.4 is 5.56 Å². The van der Waals surface area contributed by atoms with Crippen molar-refractivity contribution in [2.45, 2.75) is 25.2 Å². The van der Waals surface area contributed by atoms with Crippen LogP contribution in [0.1, 0.15) is 25.6 Å². The lowest BCUT2D eigenvalue weighted by Gasteiger charge is -2.11. The lowest BCUT2D eigenvalue weighted by Crippen LogP contribution is -2.23. The summed E-state index contributed by atoms with van der Waals surface area (Å²) in [6.07, 6.45) is 0. The van der Waals surface area contributed by atoms with Crippen LogP contribution in [-0.2, 0) is 12.4 Å². The standard InChI is InChI=1S/C8H12BrClN2O/c1-5(2)12-8(13)7(10)6(4-9)11(12)3/h5H,4H2,1-3H3. The van der Waals surface area contributed by atoms with E-state index in [1.54, 1.807) is 9.36 Å². The smallest absolute Gasteiger partial charge is 0.285 e. The maximum Gasteiger partial charge on any atom is 0.285 e. The minimum Gasteiger partial charge on any atom is -0.287 e. The van der Waals surface area contributed by atoms with Crippen LogP contribution in [-0.4, -0.2) is 9.36 Å². The molecule has 13 heavy (non-hydrogen) atoms. The molecule has 5 heteroatoms. The van der Waals surface area contributed by atoms with Crippen molar-refractivity contribution in [3.05, 3.63) is 21.1 Å². The van der Waals surface area contributed by atoms with Crippen LogP contribution in [0.4, 0.5) is 0 Å². The van der Waals surface area contributed by atoms with E-state index in [9.17, 15) is 4.79 Å². The third kappa shape index (κ3) is 1.70. The Hall–Kier alpha value is -0.220. The molecule has 0 aliphatic heterocycles. The fourth-order valence-electron chi connectivity index (χ4n) is 1.36. The van der Waals surface area contributed by atoms with Crippen molar-refractivity contribution in [1.29, 1.82) is 0 Å². The van der Waals surface area contributed by atoms with Gasteiger partial charge in [0.1, 0.15) is 5.02 Å². The van der Waals surface area contributed by atoms with Crippen LogP contribution >= 0.6 is 27.5 Å². The maximum atomic E-state index is 11.6. The molecule has 0 unspecified atom stereocenters. The summed E-state index contributed by atoms with van der Waals surface area (Å²) in [4.78, 5) is 11.6. The molecule has 1 heterocycles. The molecule has 0 amide bonds. The zero-order valence-electron chi connectivity index (χ0n) is 7.84. The van der Waals surface area contributed by atoms with Crippen LogP contribution in [0.15, 0.2) is 4.79 Å². The van der Waals surface area contributed by atoms with Crippen LogP contribution in [0.2, 0.25) is 5.02 Å². The largest absolute Gasteiger partial charge is 0.287 e. The molecule has 3 nitrogen and oxygen atoms in total. The summed E-state index contributed by atoms with van der Waals surface area (Å²) in [5.74, 6) is 0. The number of nitrogens with zero attached hydrogens (tertiary/aromatic N) is 2. The van der Waals surface area contributed by atoms with Crippen molar-refractivity contribution in [2.24, 2.45) is 7.05 Å². The number of rotatable bonds is 2. The van der Waals surface area contributed by atoms with E-state index in [-0.39, 0.29) is 11.6 Å². The minimum atomic E-state index is -0.117. The molecule has 0 saturated heterocycles. The lowest BCUT2D eigenvalue weighted by molar-refractivity contribution is 0.432. The molecule has 0 saturated carbocycles. The Morgan fingerprint density at radius 2 is 2.08 bits per heavy atom. The van der Waals surface area contributed by atoms with Gasteiger partial charge in [-0.15, -0.1) is 0 Å². The van der Waals surface area contributed by atoms with Gasteiger partial charge in [-0.3, -0.25) is 9.48 Å². The molecular formula is C8H12BrClN2O. The second kappa shape index (κ2) is 3.88. The molecule has 0 aliphatic carbocycles. The molecule has 0 atom stereocenters. The van der Waals surface area contributed by atoms with Crippen molar-refractivity contribution in [3.63, 3.8) is 0 Å². The minimum absolute atomic E-state index is 0.117. The second-order valence-electron chi connectivity index (χ2n) is 3.16. The fourth-order valence-corrected chi connectivity index (χ4v) is 2.44. The summed E-state index contributed by atoms with van der Waals surface area (Å²) in [6.45, 7) is 3.91. The number of aromatic nitrogens is 2. The maximum absolute atomic E-state index is 11.6. The third-order valence-corrected chi connectivity index (χ3v) is 2.89. The number of hydrogen-bond donors (Lipinski definition) is 0. The van der Waals surface area contributed by atoms with E-state index in [4.69, 9.17) is 11.6 Å². The zero-order valence-corrected chi connectivity index (χ0v) is 10.2. The molecule has 0 aromatic carbocycles. The van der Waals surface area contributed by atoms with E-state index in [2.05, 4.69) is 15.9 Å². The average molecular weight is 268 g/mol. The fraction of sp³-hybridized carbons (Fsp3) is 0.625. The second-order valence-corrected chi connectivity index (χ2v) is 4.10. The molecule has 0 bridgehead atoms. The van der Waals surface area contributed by atoms with E-state index >= 15 is 0 Å². The Labute approximate surface area is 90.4 Å². The highest BCUT2D eigenvalue weighted by Gasteiger charge is 2.16. The summed E-state index contributed by atoms with van der Waals surface area (Å²) >= 11 is 9.18. The predicted molar refractivity (Wildman–Crippen MR) is 57.7 cm³/mol. The van der Waals surface area contributed by atoms with Gasteiger partial charge in [0.05, 0.1) is 5.69 Å². The van der Waals surface area contributed by atoms with Gasteiger partial charge in [0.2, 0.25) is 0 Å². The molecule has 1 aromatic rings. The Balaban J connectivity index is 3.46.